The van der Waals surface area contributed by atoms with Gasteiger partial charge >= 0.3 is 17.9 Å². The molecule has 0 aliphatic heterocycles. The van der Waals surface area contributed by atoms with E-state index in [0.29, 0.717) is 19.3 Å². The van der Waals surface area contributed by atoms with Gasteiger partial charge in [-0.3, -0.25) is 14.4 Å². The molecule has 0 saturated carbocycles. The number of esters is 3. The molecule has 0 radical (unpaired) electrons. The van der Waals surface area contributed by atoms with E-state index >= 15 is 0 Å². The number of hydrogen-bond acceptors (Lipinski definition) is 6. The highest BCUT2D eigenvalue weighted by Gasteiger charge is 2.19. The number of hydrogen-bond donors (Lipinski definition) is 0. The summed E-state index contributed by atoms with van der Waals surface area (Å²) in [5, 5.41) is 0. The first-order valence-corrected chi connectivity index (χ1v) is 33.8. The summed E-state index contributed by atoms with van der Waals surface area (Å²) in [4.78, 5) is 38.2. The van der Waals surface area contributed by atoms with E-state index in [2.05, 4.69) is 81.5 Å². The molecule has 1 unspecified atom stereocenters. The van der Waals surface area contributed by atoms with Crippen LogP contribution in [0.15, 0.2) is 60.8 Å². The normalized spacial score (nSPS) is 12.4. The van der Waals surface area contributed by atoms with E-state index in [-0.39, 0.29) is 31.1 Å². The van der Waals surface area contributed by atoms with E-state index < -0.39 is 6.10 Å². The smallest absolute Gasteiger partial charge is 0.306 e. The van der Waals surface area contributed by atoms with Crippen LogP contribution in [0.1, 0.15) is 355 Å². The fourth-order valence-corrected chi connectivity index (χ4v) is 9.96. The summed E-state index contributed by atoms with van der Waals surface area (Å²) in [5.41, 5.74) is 0. The van der Waals surface area contributed by atoms with Gasteiger partial charge in [-0.05, 0) is 83.5 Å². The predicted molar refractivity (Wildman–Crippen MR) is 335 cm³/mol. The maximum Gasteiger partial charge on any atom is 0.306 e. The molecule has 6 nitrogen and oxygen atoms in total. The van der Waals surface area contributed by atoms with Crippen LogP contribution in [0.5, 0.6) is 0 Å². The molecule has 6 heteroatoms. The highest BCUT2D eigenvalue weighted by molar-refractivity contribution is 5.71. The Morgan fingerprint density at radius 3 is 0.805 bits per heavy atom. The van der Waals surface area contributed by atoms with Gasteiger partial charge in [-0.25, -0.2) is 0 Å². The lowest BCUT2D eigenvalue weighted by Gasteiger charge is -2.18. The second-order valence-electron chi connectivity index (χ2n) is 22.7. The summed E-state index contributed by atoms with van der Waals surface area (Å²) >= 11 is 0. The van der Waals surface area contributed by atoms with Gasteiger partial charge in [0.2, 0.25) is 0 Å². The molecule has 0 rings (SSSR count). The summed E-state index contributed by atoms with van der Waals surface area (Å²) in [6.45, 7) is 6.55. The summed E-state index contributed by atoms with van der Waals surface area (Å²) < 4.78 is 16.9. The monoisotopic (exact) mass is 1080 g/mol. The Morgan fingerprint density at radius 1 is 0.273 bits per heavy atom. The van der Waals surface area contributed by atoms with Crippen molar-refractivity contribution in [2.75, 3.05) is 13.2 Å². The zero-order valence-corrected chi connectivity index (χ0v) is 51.5. The Bertz CT molecular complexity index is 1380. The Hall–Kier alpha value is -2.89. The first-order valence-electron chi connectivity index (χ1n) is 33.8. The highest BCUT2D eigenvalue weighted by atomic mass is 16.6. The van der Waals surface area contributed by atoms with Crippen LogP contribution in [-0.2, 0) is 28.6 Å². The molecule has 0 saturated heterocycles. The minimum absolute atomic E-state index is 0.0715. The second-order valence-corrected chi connectivity index (χ2v) is 22.7. The van der Waals surface area contributed by atoms with Crippen molar-refractivity contribution in [2.24, 2.45) is 0 Å². The van der Waals surface area contributed by atoms with Crippen molar-refractivity contribution in [1.82, 2.24) is 0 Å². The fourth-order valence-electron chi connectivity index (χ4n) is 9.96. The molecule has 0 fully saturated rings. The molecule has 1 atom stereocenters. The van der Waals surface area contributed by atoms with Gasteiger partial charge in [-0.15, -0.1) is 0 Å². The van der Waals surface area contributed by atoms with Gasteiger partial charge in [0, 0.05) is 19.3 Å². The van der Waals surface area contributed by atoms with Crippen molar-refractivity contribution in [3.8, 4) is 0 Å². The Morgan fingerprint density at radius 2 is 0.506 bits per heavy atom. The standard InChI is InChI=1S/C71H128O6/c1-4-7-10-13-16-19-22-24-26-28-29-30-31-32-33-34-35-36-37-38-39-40-41-42-43-44-46-47-49-52-55-58-61-64-70(73)76-67-68(66-75-69(72)63-60-57-54-51-21-18-15-12-9-6-3)77-71(74)65-62-59-56-53-50-48-45-27-25-23-20-17-14-11-8-5-2/h7,10,16,19,24,26-27,29-30,45,68H,4-6,8-9,11-15,17-18,20-23,25,28,31-44,46-67H2,1-3H3/b10-7-,19-16-,26-24-,30-29-,45-27-. The molecular formula is C71H128O6. The first kappa shape index (κ1) is 74.1. The van der Waals surface area contributed by atoms with Gasteiger partial charge in [-0.2, -0.15) is 0 Å². The van der Waals surface area contributed by atoms with Crippen LogP contribution >= 0.6 is 0 Å². The maximum atomic E-state index is 12.9. The number of carbonyl (C=O) groups is 3. The van der Waals surface area contributed by atoms with Crippen molar-refractivity contribution >= 4 is 17.9 Å². The summed E-state index contributed by atoms with van der Waals surface area (Å²) in [5.74, 6) is -0.860. The molecule has 0 N–H and O–H groups in total. The highest BCUT2D eigenvalue weighted by Crippen LogP contribution is 2.18. The van der Waals surface area contributed by atoms with E-state index in [1.807, 2.05) is 0 Å². The third-order valence-corrected chi connectivity index (χ3v) is 15.0. The van der Waals surface area contributed by atoms with Gasteiger partial charge in [0.05, 0.1) is 0 Å². The van der Waals surface area contributed by atoms with Gasteiger partial charge in [0.25, 0.3) is 0 Å². The van der Waals surface area contributed by atoms with Crippen LogP contribution in [0.3, 0.4) is 0 Å². The molecule has 0 amide bonds. The molecule has 0 heterocycles. The van der Waals surface area contributed by atoms with Crippen LogP contribution in [-0.4, -0.2) is 37.2 Å². The lowest BCUT2D eigenvalue weighted by Crippen LogP contribution is -2.30. The molecule has 448 valence electrons. The lowest BCUT2D eigenvalue weighted by molar-refractivity contribution is -0.167. The van der Waals surface area contributed by atoms with Crippen LogP contribution in [0, 0.1) is 0 Å². The van der Waals surface area contributed by atoms with E-state index in [0.717, 1.165) is 89.9 Å². The third-order valence-electron chi connectivity index (χ3n) is 15.0. The number of carbonyl (C=O) groups excluding carboxylic acids is 3. The van der Waals surface area contributed by atoms with Crippen molar-refractivity contribution < 1.29 is 28.6 Å². The summed E-state index contributed by atoms with van der Waals surface area (Å²) in [6.07, 6.45) is 84.0. The topological polar surface area (TPSA) is 78.9 Å². The molecule has 77 heavy (non-hydrogen) atoms. The zero-order chi connectivity index (χ0) is 55.7. The average molecular weight is 1080 g/mol. The second kappa shape index (κ2) is 65.6. The van der Waals surface area contributed by atoms with Crippen LogP contribution < -0.4 is 0 Å². The lowest BCUT2D eigenvalue weighted by atomic mass is 10.0. The van der Waals surface area contributed by atoms with Gasteiger partial charge in [-0.1, -0.05) is 313 Å². The minimum Gasteiger partial charge on any atom is -0.462 e. The van der Waals surface area contributed by atoms with Crippen molar-refractivity contribution in [3.63, 3.8) is 0 Å². The van der Waals surface area contributed by atoms with Crippen LogP contribution in [0.4, 0.5) is 0 Å². The number of ether oxygens (including phenoxy) is 3. The third kappa shape index (κ3) is 63.8. The molecule has 0 aromatic heterocycles. The van der Waals surface area contributed by atoms with E-state index in [4.69, 9.17) is 14.2 Å². The predicted octanol–water partition coefficient (Wildman–Crippen LogP) is 23.1. The van der Waals surface area contributed by atoms with Crippen LogP contribution in [0.2, 0.25) is 0 Å². The SMILES string of the molecule is CC/C=C\C/C=C\C/C=C\C/C=C\CCCCCCCCCCCCCCCCCCCCCCC(=O)OCC(COC(=O)CCCCCCCCCCCC)OC(=O)CCCCCCC/C=C\CCCCCCCCC. The van der Waals surface area contributed by atoms with E-state index in [1.54, 1.807) is 0 Å². The largest absolute Gasteiger partial charge is 0.462 e. The van der Waals surface area contributed by atoms with Gasteiger partial charge < -0.3 is 14.2 Å². The van der Waals surface area contributed by atoms with E-state index in [9.17, 15) is 14.4 Å². The molecule has 0 aliphatic rings. The van der Waals surface area contributed by atoms with Gasteiger partial charge in [0.15, 0.2) is 6.10 Å². The Kier molecular flexibility index (Phi) is 63.2. The molecular weight excluding hydrogens is 949 g/mol. The first-order chi connectivity index (χ1) is 38.0. The summed E-state index contributed by atoms with van der Waals surface area (Å²) in [6, 6.07) is 0. The van der Waals surface area contributed by atoms with Crippen molar-refractivity contribution in [1.29, 1.82) is 0 Å². The van der Waals surface area contributed by atoms with Crippen molar-refractivity contribution in [3.05, 3.63) is 60.8 Å². The molecule has 0 aliphatic carbocycles. The number of unbranched alkanes of at least 4 members (excludes halogenated alkanes) is 41. The number of rotatable bonds is 62. The van der Waals surface area contributed by atoms with E-state index in [1.165, 1.54) is 225 Å². The maximum absolute atomic E-state index is 12.9. The van der Waals surface area contributed by atoms with Gasteiger partial charge in [0.1, 0.15) is 13.2 Å². The van der Waals surface area contributed by atoms with Crippen LogP contribution in [0.25, 0.3) is 0 Å². The fraction of sp³-hybridized carbons (Fsp3) is 0.817. The minimum atomic E-state index is -0.773. The molecule has 0 aromatic carbocycles. The Labute approximate surface area is 479 Å². The molecule has 0 bridgehead atoms. The Balaban J connectivity index is 4.06. The average Bonchev–Trinajstić information content (AvgIpc) is 3.43. The summed E-state index contributed by atoms with van der Waals surface area (Å²) in [7, 11) is 0. The van der Waals surface area contributed by atoms with Crippen molar-refractivity contribution in [2.45, 2.75) is 361 Å². The zero-order valence-electron chi connectivity index (χ0n) is 51.5. The number of allylic oxidation sites excluding steroid dienone is 10. The molecule has 0 aromatic rings. The quantitative estimate of drug-likeness (QED) is 0.0261. The molecule has 0 spiro atoms.